The fourth-order valence-corrected chi connectivity index (χ4v) is 3.70. The Morgan fingerprint density at radius 3 is 2.38 bits per heavy atom. The van der Waals surface area contributed by atoms with Crippen LogP contribution in [0.1, 0.15) is 51.5 Å². The van der Waals surface area contributed by atoms with Crippen molar-refractivity contribution in [2.24, 2.45) is 5.73 Å². The molecule has 0 saturated carbocycles. The van der Waals surface area contributed by atoms with Gasteiger partial charge >= 0.3 is 0 Å². The molecule has 0 spiro atoms. The lowest BCUT2D eigenvalue weighted by Gasteiger charge is -2.40. The van der Waals surface area contributed by atoms with E-state index in [-0.39, 0.29) is 12.0 Å². The fraction of sp³-hybridized carbons (Fsp3) is 0.650. The van der Waals surface area contributed by atoms with Crippen LogP contribution >= 0.6 is 0 Å². The van der Waals surface area contributed by atoms with Crippen LogP contribution in [0.2, 0.25) is 0 Å². The summed E-state index contributed by atoms with van der Waals surface area (Å²) in [7, 11) is 0. The van der Waals surface area contributed by atoms with Gasteiger partial charge in [0.1, 0.15) is 0 Å². The van der Waals surface area contributed by atoms with Gasteiger partial charge in [0.05, 0.1) is 11.5 Å². The third-order valence-corrected chi connectivity index (χ3v) is 5.37. The molecule has 1 saturated heterocycles. The number of carbonyl (C=O) groups excluding carboxylic acids is 1. The van der Waals surface area contributed by atoms with Gasteiger partial charge in [0, 0.05) is 19.7 Å². The van der Waals surface area contributed by atoms with Gasteiger partial charge in [-0.15, -0.1) is 0 Å². The molecular formula is C20H32N2O2. The monoisotopic (exact) mass is 332 g/mol. The topological polar surface area (TPSA) is 55.6 Å². The van der Waals surface area contributed by atoms with Gasteiger partial charge in [0.2, 0.25) is 5.91 Å². The Kier molecular flexibility index (Phi) is 7.25. The molecule has 0 unspecified atom stereocenters. The molecule has 1 heterocycles. The smallest absolute Gasteiger partial charge is 0.233 e. The number of piperidine rings is 1. The molecule has 1 fully saturated rings. The molecule has 0 aliphatic carbocycles. The number of rotatable bonds is 8. The normalized spacial score (nSPS) is 16.4. The van der Waals surface area contributed by atoms with E-state index in [2.05, 4.69) is 26.0 Å². The van der Waals surface area contributed by atoms with Crippen LogP contribution in [0.25, 0.3) is 0 Å². The quantitative estimate of drug-likeness (QED) is 0.744. The predicted octanol–water partition coefficient (Wildman–Crippen LogP) is 3.10. The number of carbonyl (C=O) groups is 1. The van der Waals surface area contributed by atoms with Crippen LogP contribution in [-0.2, 0) is 14.9 Å². The van der Waals surface area contributed by atoms with Crippen molar-refractivity contribution in [1.82, 2.24) is 4.90 Å². The van der Waals surface area contributed by atoms with Crippen molar-refractivity contribution >= 4 is 5.91 Å². The van der Waals surface area contributed by atoms with Crippen molar-refractivity contribution in [3.8, 4) is 0 Å². The molecule has 1 amide bonds. The zero-order valence-electron chi connectivity index (χ0n) is 15.2. The van der Waals surface area contributed by atoms with Crippen LogP contribution in [0, 0.1) is 0 Å². The number of hydrogen-bond donors (Lipinski definition) is 1. The fourth-order valence-electron chi connectivity index (χ4n) is 3.70. The number of likely N-dealkylation sites (tertiary alicyclic amines) is 1. The van der Waals surface area contributed by atoms with Gasteiger partial charge < -0.3 is 15.4 Å². The van der Waals surface area contributed by atoms with E-state index in [4.69, 9.17) is 10.5 Å². The lowest BCUT2D eigenvalue weighted by molar-refractivity contribution is -0.140. The highest BCUT2D eigenvalue weighted by atomic mass is 16.5. The maximum absolute atomic E-state index is 13.3. The molecule has 0 aromatic heterocycles. The van der Waals surface area contributed by atoms with E-state index in [0.717, 1.165) is 57.4 Å². The van der Waals surface area contributed by atoms with E-state index in [1.165, 1.54) is 0 Å². The summed E-state index contributed by atoms with van der Waals surface area (Å²) in [6.45, 7) is 7.23. The second-order valence-corrected chi connectivity index (χ2v) is 6.66. The minimum absolute atomic E-state index is 0.273. The number of nitrogens with two attached hydrogens (primary N) is 1. The standard InChI is InChI=1S/C20H32N2O2/c1-3-20(4-2,17-9-6-5-7-10-17)19(23)22-14-11-18(12-15-22)24-16-8-13-21/h5-7,9-10,18H,3-4,8,11-16,21H2,1-2H3. The number of hydrogen-bond acceptors (Lipinski definition) is 3. The molecule has 4 nitrogen and oxygen atoms in total. The highest BCUT2D eigenvalue weighted by Gasteiger charge is 2.40. The van der Waals surface area contributed by atoms with Crippen molar-refractivity contribution in [3.05, 3.63) is 35.9 Å². The molecule has 1 aliphatic rings. The first-order valence-electron chi connectivity index (χ1n) is 9.34. The van der Waals surface area contributed by atoms with E-state index < -0.39 is 5.41 Å². The van der Waals surface area contributed by atoms with Gasteiger partial charge in [-0.25, -0.2) is 0 Å². The Morgan fingerprint density at radius 2 is 1.83 bits per heavy atom. The highest BCUT2D eigenvalue weighted by molar-refractivity contribution is 5.88. The van der Waals surface area contributed by atoms with Crippen LogP contribution in [-0.4, -0.2) is 43.2 Å². The first kappa shape index (κ1) is 18.9. The molecule has 0 bridgehead atoms. The number of nitrogens with zero attached hydrogens (tertiary/aromatic N) is 1. The summed E-state index contributed by atoms with van der Waals surface area (Å²) >= 11 is 0. The molecule has 0 atom stereocenters. The molecule has 2 rings (SSSR count). The van der Waals surface area contributed by atoms with E-state index in [1.54, 1.807) is 0 Å². The Balaban J connectivity index is 2.02. The Bertz CT molecular complexity index is 492. The van der Waals surface area contributed by atoms with Crippen molar-refractivity contribution < 1.29 is 9.53 Å². The average molecular weight is 332 g/mol. The van der Waals surface area contributed by atoms with Gasteiger partial charge in [-0.05, 0) is 44.2 Å². The van der Waals surface area contributed by atoms with E-state index in [0.29, 0.717) is 6.54 Å². The SMILES string of the molecule is CCC(CC)(C(=O)N1CCC(OCCCN)CC1)c1ccccc1. The second kappa shape index (κ2) is 9.19. The number of benzene rings is 1. The van der Waals surface area contributed by atoms with Crippen molar-refractivity contribution in [3.63, 3.8) is 0 Å². The highest BCUT2D eigenvalue weighted by Crippen LogP contribution is 2.34. The van der Waals surface area contributed by atoms with Crippen LogP contribution in [0.4, 0.5) is 0 Å². The molecule has 24 heavy (non-hydrogen) atoms. The third-order valence-electron chi connectivity index (χ3n) is 5.37. The van der Waals surface area contributed by atoms with Crippen molar-refractivity contribution in [2.45, 2.75) is 57.5 Å². The van der Waals surface area contributed by atoms with Crippen LogP contribution in [0.3, 0.4) is 0 Å². The molecule has 4 heteroatoms. The first-order valence-corrected chi connectivity index (χ1v) is 9.34. The van der Waals surface area contributed by atoms with Crippen LogP contribution in [0.15, 0.2) is 30.3 Å². The van der Waals surface area contributed by atoms with E-state index >= 15 is 0 Å². The maximum Gasteiger partial charge on any atom is 0.233 e. The lowest BCUT2D eigenvalue weighted by Crippen LogP contribution is -2.50. The summed E-state index contributed by atoms with van der Waals surface area (Å²) in [4.78, 5) is 15.4. The number of ether oxygens (including phenoxy) is 1. The second-order valence-electron chi connectivity index (χ2n) is 6.66. The van der Waals surface area contributed by atoms with Crippen LogP contribution in [0.5, 0.6) is 0 Å². The van der Waals surface area contributed by atoms with Gasteiger partial charge in [-0.1, -0.05) is 44.2 Å². The molecular weight excluding hydrogens is 300 g/mol. The van der Waals surface area contributed by atoms with Gasteiger partial charge in [-0.3, -0.25) is 4.79 Å². The van der Waals surface area contributed by atoms with E-state index in [1.807, 2.05) is 23.1 Å². The molecule has 0 radical (unpaired) electrons. The Labute approximate surface area is 146 Å². The summed E-state index contributed by atoms with van der Waals surface area (Å²) in [5, 5.41) is 0. The first-order chi connectivity index (χ1) is 11.7. The van der Waals surface area contributed by atoms with Gasteiger partial charge in [0.25, 0.3) is 0 Å². The largest absolute Gasteiger partial charge is 0.378 e. The molecule has 134 valence electrons. The zero-order valence-corrected chi connectivity index (χ0v) is 15.2. The van der Waals surface area contributed by atoms with Gasteiger partial charge in [0.15, 0.2) is 0 Å². The molecule has 1 aromatic rings. The third kappa shape index (κ3) is 4.17. The van der Waals surface area contributed by atoms with Gasteiger partial charge in [-0.2, -0.15) is 0 Å². The molecule has 1 aromatic carbocycles. The summed E-state index contributed by atoms with van der Waals surface area (Å²) in [5.74, 6) is 0.277. The maximum atomic E-state index is 13.3. The molecule has 1 aliphatic heterocycles. The van der Waals surface area contributed by atoms with E-state index in [9.17, 15) is 4.79 Å². The molecule has 2 N–H and O–H groups in total. The van der Waals surface area contributed by atoms with Crippen molar-refractivity contribution in [2.75, 3.05) is 26.2 Å². The summed E-state index contributed by atoms with van der Waals surface area (Å²) in [6.07, 6.45) is 4.69. The van der Waals surface area contributed by atoms with Crippen LogP contribution < -0.4 is 5.73 Å². The Morgan fingerprint density at radius 1 is 1.21 bits per heavy atom. The predicted molar refractivity (Wildman–Crippen MR) is 97.9 cm³/mol. The zero-order chi connectivity index (χ0) is 17.4. The Hall–Kier alpha value is -1.39. The summed E-state index contributed by atoms with van der Waals surface area (Å²) in [6, 6.07) is 10.2. The lowest BCUT2D eigenvalue weighted by atomic mass is 9.74. The summed E-state index contributed by atoms with van der Waals surface area (Å²) < 4.78 is 5.86. The minimum atomic E-state index is -0.394. The summed E-state index contributed by atoms with van der Waals surface area (Å²) in [5.41, 5.74) is 6.25. The number of amides is 1. The van der Waals surface area contributed by atoms with Crippen molar-refractivity contribution in [1.29, 1.82) is 0 Å². The minimum Gasteiger partial charge on any atom is -0.378 e. The average Bonchev–Trinajstić information content (AvgIpc) is 2.65.